The molecule has 2 aliphatic heterocycles. The minimum Gasteiger partial charge on any atom is -0.441 e. The highest BCUT2D eigenvalue weighted by Gasteiger charge is 2.40. The van der Waals surface area contributed by atoms with Crippen LogP contribution in [0.2, 0.25) is 0 Å². The van der Waals surface area contributed by atoms with Gasteiger partial charge in [0, 0.05) is 31.6 Å². The number of piperazine rings is 1. The fourth-order valence-electron chi connectivity index (χ4n) is 3.90. The van der Waals surface area contributed by atoms with Crippen LogP contribution in [0.5, 0.6) is 0 Å². The van der Waals surface area contributed by atoms with Gasteiger partial charge in [0.15, 0.2) is 11.5 Å². The fourth-order valence-corrected chi connectivity index (χ4v) is 5.58. The zero-order valence-electron chi connectivity index (χ0n) is 14.1. The molecule has 0 aliphatic carbocycles. The second-order valence-electron chi connectivity index (χ2n) is 6.81. The number of aryl methyl sites for hydroxylation is 1. The molecule has 7 heteroatoms. The van der Waals surface area contributed by atoms with Crippen LogP contribution in [0.3, 0.4) is 0 Å². The molecular formula is C17H23N3O3S. The van der Waals surface area contributed by atoms with Gasteiger partial charge >= 0.3 is 0 Å². The van der Waals surface area contributed by atoms with E-state index in [1.807, 2.05) is 13.8 Å². The van der Waals surface area contributed by atoms with Crippen molar-refractivity contribution < 1.29 is 12.8 Å². The van der Waals surface area contributed by atoms with Crippen LogP contribution in [-0.4, -0.2) is 54.3 Å². The Kier molecular flexibility index (Phi) is 3.89. The summed E-state index contributed by atoms with van der Waals surface area (Å²) in [5.74, 6) is 0.632. The van der Waals surface area contributed by atoms with Crippen LogP contribution in [0.4, 0.5) is 0 Å². The predicted molar refractivity (Wildman–Crippen MR) is 91.3 cm³/mol. The summed E-state index contributed by atoms with van der Waals surface area (Å²) in [6.45, 7) is 6.45. The van der Waals surface area contributed by atoms with Crippen LogP contribution in [0.1, 0.15) is 32.6 Å². The molecule has 3 heterocycles. The molecule has 24 heavy (non-hydrogen) atoms. The largest absolute Gasteiger partial charge is 0.441 e. The maximum atomic E-state index is 13.2. The van der Waals surface area contributed by atoms with Gasteiger partial charge in [-0.3, -0.25) is 4.90 Å². The third-order valence-electron chi connectivity index (χ3n) is 5.19. The summed E-state index contributed by atoms with van der Waals surface area (Å²) >= 11 is 0. The molecule has 2 unspecified atom stereocenters. The van der Waals surface area contributed by atoms with E-state index < -0.39 is 10.0 Å². The van der Waals surface area contributed by atoms with E-state index in [0.29, 0.717) is 40.9 Å². The molecule has 0 N–H and O–H groups in total. The topological polar surface area (TPSA) is 66.7 Å². The number of fused-ring (bicyclic) bond motifs is 2. The zero-order chi connectivity index (χ0) is 16.9. The van der Waals surface area contributed by atoms with Gasteiger partial charge in [0.05, 0.1) is 4.90 Å². The van der Waals surface area contributed by atoms with Crippen molar-refractivity contribution in [1.82, 2.24) is 14.2 Å². The molecular weight excluding hydrogens is 326 g/mol. The quantitative estimate of drug-likeness (QED) is 0.850. The van der Waals surface area contributed by atoms with Crippen molar-refractivity contribution >= 4 is 21.1 Å². The molecule has 1 aromatic heterocycles. The van der Waals surface area contributed by atoms with E-state index in [-0.39, 0.29) is 6.04 Å². The van der Waals surface area contributed by atoms with Crippen molar-refractivity contribution in [2.45, 2.75) is 50.1 Å². The lowest BCUT2D eigenvalue weighted by Gasteiger charge is -2.41. The van der Waals surface area contributed by atoms with E-state index in [1.165, 1.54) is 0 Å². The van der Waals surface area contributed by atoms with Gasteiger partial charge in [0.1, 0.15) is 5.52 Å². The fraction of sp³-hybridized carbons (Fsp3) is 0.588. The van der Waals surface area contributed by atoms with Gasteiger partial charge in [-0.1, -0.05) is 6.92 Å². The molecule has 0 amide bonds. The SMILES string of the molecule is CCc1nc2cc(S(=O)(=O)N3CC4CCCN4CC3C)ccc2o1. The summed E-state index contributed by atoms with van der Waals surface area (Å²) in [7, 11) is -3.51. The molecule has 4 rings (SSSR count). The van der Waals surface area contributed by atoms with E-state index in [1.54, 1.807) is 22.5 Å². The first-order valence-corrected chi connectivity index (χ1v) is 10.1. The minimum absolute atomic E-state index is 0.0106. The lowest BCUT2D eigenvalue weighted by molar-refractivity contribution is 0.117. The number of rotatable bonds is 3. The number of sulfonamides is 1. The van der Waals surface area contributed by atoms with Crippen LogP contribution in [0.25, 0.3) is 11.1 Å². The highest BCUT2D eigenvalue weighted by atomic mass is 32.2. The normalized spacial score (nSPS) is 26.1. The van der Waals surface area contributed by atoms with Gasteiger partial charge < -0.3 is 4.42 Å². The van der Waals surface area contributed by atoms with E-state index in [9.17, 15) is 8.42 Å². The summed E-state index contributed by atoms with van der Waals surface area (Å²) < 4.78 is 33.6. The lowest BCUT2D eigenvalue weighted by atomic mass is 10.1. The predicted octanol–water partition coefficient (Wildman–Crippen LogP) is 2.25. The van der Waals surface area contributed by atoms with Gasteiger partial charge in [-0.15, -0.1) is 0 Å². The summed E-state index contributed by atoms with van der Waals surface area (Å²) in [5.41, 5.74) is 1.25. The van der Waals surface area contributed by atoms with Crippen molar-refractivity contribution in [3.8, 4) is 0 Å². The number of benzene rings is 1. The van der Waals surface area contributed by atoms with Crippen molar-refractivity contribution in [2.75, 3.05) is 19.6 Å². The van der Waals surface area contributed by atoms with E-state index in [4.69, 9.17) is 4.42 Å². The minimum atomic E-state index is -3.51. The molecule has 6 nitrogen and oxygen atoms in total. The van der Waals surface area contributed by atoms with Gasteiger partial charge in [-0.25, -0.2) is 13.4 Å². The van der Waals surface area contributed by atoms with Crippen LogP contribution in [0.15, 0.2) is 27.5 Å². The van der Waals surface area contributed by atoms with Crippen molar-refractivity contribution in [3.63, 3.8) is 0 Å². The van der Waals surface area contributed by atoms with Crippen LogP contribution >= 0.6 is 0 Å². The first-order chi connectivity index (χ1) is 11.5. The van der Waals surface area contributed by atoms with Crippen LogP contribution < -0.4 is 0 Å². The number of nitrogens with zero attached hydrogens (tertiary/aromatic N) is 3. The number of oxazole rings is 1. The second kappa shape index (κ2) is 5.82. The molecule has 0 radical (unpaired) electrons. The molecule has 2 atom stereocenters. The van der Waals surface area contributed by atoms with Gasteiger partial charge in [0.25, 0.3) is 0 Å². The van der Waals surface area contributed by atoms with E-state index >= 15 is 0 Å². The highest BCUT2D eigenvalue weighted by molar-refractivity contribution is 7.89. The van der Waals surface area contributed by atoms with Crippen LogP contribution in [-0.2, 0) is 16.4 Å². The third kappa shape index (κ3) is 2.55. The average molecular weight is 349 g/mol. The number of hydrogen-bond acceptors (Lipinski definition) is 5. The summed E-state index contributed by atoms with van der Waals surface area (Å²) in [5, 5.41) is 0. The summed E-state index contributed by atoms with van der Waals surface area (Å²) in [6.07, 6.45) is 2.94. The molecule has 0 spiro atoms. The summed E-state index contributed by atoms with van der Waals surface area (Å²) in [6, 6.07) is 5.34. The van der Waals surface area contributed by atoms with E-state index in [0.717, 1.165) is 25.9 Å². The Bertz CT molecular complexity index is 861. The zero-order valence-corrected chi connectivity index (χ0v) is 14.9. The molecule has 0 bridgehead atoms. The highest BCUT2D eigenvalue weighted by Crippen LogP contribution is 2.30. The third-order valence-corrected chi connectivity index (χ3v) is 7.17. The van der Waals surface area contributed by atoms with Crippen molar-refractivity contribution in [3.05, 3.63) is 24.1 Å². The second-order valence-corrected chi connectivity index (χ2v) is 8.70. The Morgan fingerprint density at radius 2 is 2.17 bits per heavy atom. The lowest BCUT2D eigenvalue weighted by Crippen LogP contribution is -2.56. The number of hydrogen-bond donors (Lipinski definition) is 0. The smallest absolute Gasteiger partial charge is 0.243 e. The van der Waals surface area contributed by atoms with Gasteiger partial charge in [-0.05, 0) is 44.5 Å². The molecule has 2 aromatic rings. The maximum absolute atomic E-state index is 13.2. The molecule has 2 aliphatic rings. The molecule has 0 saturated carbocycles. The Balaban J connectivity index is 1.68. The maximum Gasteiger partial charge on any atom is 0.243 e. The standard InChI is InChI=1S/C17H23N3O3S/c1-3-17-18-15-9-14(6-7-16(15)23-17)24(21,22)20-11-13-5-4-8-19(13)10-12(20)2/h6-7,9,12-13H,3-5,8,10-11H2,1-2H3. The Morgan fingerprint density at radius 1 is 1.33 bits per heavy atom. The summed E-state index contributed by atoms with van der Waals surface area (Å²) in [4.78, 5) is 7.10. The monoisotopic (exact) mass is 349 g/mol. The first-order valence-electron chi connectivity index (χ1n) is 8.64. The van der Waals surface area contributed by atoms with Crippen molar-refractivity contribution in [2.24, 2.45) is 0 Å². The Morgan fingerprint density at radius 3 is 2.96 bits per heavy atom. The molecule has 1 aromatic carbocycles. The Labute approximate surface area is 142 Å². The molecule has 2 saturated heterocycles. The van der Waals surface area contributed by atoms with Crippen molar-refractivity contribution in [1.29, 1.82) is 0 Å². The Hall–Kier alpha value is -1.44. The van der Waals surface area contributed by atoms with Gasteiger partial charge in [0.2, 0.25) is 10.0 Å². The van der Waals surface area contributed by atoms with Crippen LogP contribution in [0, 0.1) is 0 Å². The number of aromatic nitrogens is 1. The van der Waals surface area contributed by atoms with Gasteiger partial charge in [-0.2, -0.15) is 4.31 Å². The molecule has 2 fully saturated rings. The molecule has 130 valence electrons. The first kappa shape index (κ1) is 16.1. The van der Waals surface area contributed by atoms with E-state index in [2.05, 4.69) is 9.88 Å². The average Bonchev–Trinajstić information content (AvgIpc) is 3.18.